The van der Waals surface area contributed by atoms with Crippen molar-refractivity contribution in [2.45, 2.75) is 45.1 Å². The van der Waals surface area contributed by atoms with Gasteiger partial charge in [0.05, 0.1) is 5.69 Å². The number of carbonyl (C=O) groups is 1. The predicted octanol–water partition coefficient (Wildman–Crippen LogP) is 3.00. The Balaban J connectivity index is 1.82. The van der Waals surface area contributed by atoms with Crippen LogP contribution in [0.5, 0.6) is 0 Å². The summed E-state index contributed by atoms with van der Waals surface area (Å²) in [5.41, 5.74) is 6.20. The molecule has 4 nitrogen and oxygen atoms in total. The molecule has 0 saturated heterocycles. The van der Waals surface area contributed by atoms with E-state index in [1.165, 1.54) is 31.0 Å². The third-order valence-corrected chi connectivity index (χ3v) is 3.75. The molecule has 2 rings (SSSR count). The maximum absolute atomic E-state index is 13.6. The molecule has 0 spiro atoms. The fourth-order valence-electron chi connectivity index (χ4n) is 2.37. The number of nitrogens with zero attached hydrogens (tertiary/aromatic N) is 1. The highest BCUT2D eigenvalue weighted by Gasteiger charge is 2.28. The first-order valence-corrected chi connectivity index (χ1v) is 7.69. The van der Waals surface area contributed by atoms with Crippen molar-refractivity contribution in [3.8, 4) is 0 Å². The molecule has 1 aliphatic carbocycles. The van der Waals surface area contributed by atoms with Gasteiger partial charge in [-0.2, -0.15) is 0 Å². The summed E-state index contributed by atoms with van der Waals surface area (Å²) in [6.45, 7) is 3.95. The first kappa shape index (κ1) is 15.8. The fraction of sp³-hybridized carbons (Fsp3) is 0.562. The molecule has 0 bridgehead atoms. The molecule has 0 aliphatic heterocycles. The summed E-state index contributed by atoms with van der Waals surface area (Å²) in [5.74, 6) is -0.621. The van der Waals surface area contributed by atoms with Crippen LogP contribution in [-0.2, 0) is 4.79 Å². The quantitative estimate of drug-likeness (QED) is 0.724. The number of halogens is 1. The van der Waals surface area contributed by atoms with Gasteiger partial charge >= 0.3 is 0 Å². The van der Waals surface area contributed by atoms with Crippen molar-refractivity contribution in [1.29, 1.82) is 0 Å². The molecule has 21 heavy (non-hydrogen) atoms. The van der Waals surface area contributed by atoms with E-state index in [4.69, 9.17) is 5.73 Å². The molecule has 1 fully saturated rings. The number of carbonyl (C=O) groups excluding carboxylic acids is 1. The smallest absolute Gasteiger partial charge is 0.225 e. The molecule has 1 aromatic carbocycles. The van der Waals surface area contributed by atoms with E-state index < -0.39 is 5.82 Å². The monoisotopic (exact) mass is 293 g/mol. The van der Waals surface area contributed by atoms with Gasteiger partial charge in [0.2, 0.25) is 5.91 Å². The second-order valence-corrected chi connectivity index (χ2v) is 5.66. The second kappa shape index (κ2) is 7.41. The largest absolute Gasteiger partial charge is 0.399 e. The summed E-state index contributed by atoms with van der Waals surface area (Å²) >= 11 is 0. The van der Waals surface area contributed by atoms with Gasteiger partial charge in [0.1, 0.15) is 5.82 Å². The number of nitrogens with one attached hydrogen (secondary N) is 1. The first-order chi connectivity index (χ1) is 10.1. The highest BCUT2D eigenvalue weighted by molar-refractivity contribution is 5.91. The van der Waals surface area contributed by atoms with E-state index in [0.29, 0.717) is 18.2 Å². The lowest BCUT2D eigenvalue weighted by atomic mass is 10.2. The Morgan fingerprint density at radius 2 is 2.19 bits per heavy atom. The SMILES string of the molecule is CCCCN(CCC(=O)Nc1cc(N)ccc1F)C1CC1. The van der Waals surface area contributed by atoms with Crippen molar-refractivity contribution in [2.75, 3.05) is 24.1 Å². The third kappa shape index (κ3) is 5.01. The summed E-state index contributed by atoms with van der Waals surface area (Å²) in [4.78, 5) is 14.3. The van der Waals surface area contributed by atoms with Crippen LogP contribution < -0.4 is 11.1 Å². The first-order valence-electron chi connectivity index (χ1n) is 7.69. The lowest BCUT2D eigenvalue weighted by molar-refractivity contribution is -0.116. The summed E-state index contributed by atoms with van der Waals surface area (Å²) < 4.78 is 13.6. The molecule has 3 N–H and O–H groups in total. The third-order valence-electron chi connectivity index (χ3n) is 3.75. The summed E-state index contributed by atoms with van der Waals surface area (Å²) in [6, 6.07) is 4.84. The molecule has 0 aromatic heterocycles. The Morgan fingerprint density at radius 3 is 2.86 bits per heavy atom. The zero-order valence-corrected chi connectivity index (χ0v) is 12.6. The number of amides is 1. The van der Waals surface area contributed by atoms with E-state index in [9.17, 15) is 9.18 Å². The highest BCUT2D eigenvalue weighted by atomic mass is 19.1. The van der Waals surface area contributed by atoms with Crippen LogP contribution in [0.4, 0.5) is 15.8 Å². The van der Waals surface area contributed by atoms with Crippen molar-refractivity contribution in [3.63, 3.8) is 0 Å². The highest BCUT2D eigenvalue weighted by Crippen LogP contribution is 2.27. The van der Waals surface area contributed by atoms with Crippen molar-refractivity contribution < 1.29 is 9.18 Å². The molecule has 1 aromatic rings. The van der Waals surface area contributed by atoms with Gasteiger partial charge in [-0.3, -0.25) is 9.69 Å². The van der Waals surface area contributed by atoms with Crippen LogP contribution in [0.25, 0.3) is 0 Å². The van der Waals surface area contributed by atoms with Crippen molar-refractivity contribution >= 4 is 17.3 Å². The number of unbranched alkanes of at least 4 members (excludes halogenated alkanes) is 1. The molecular weight excluding hydrogens is 269 g/mol. The van der Waals surface area contributed by atoms with Crippen LogP contribution >= 0.6 is 0 Å². The maximum atomic E-state index is 13.6. The van der Waals surface area contributed by atoms with Gasteiger partial charge in [0.15, 0.2) is 0 Å². The minimum atomic E-state index is -0.456. The number of nitrogens with two attached hydrogens (primary N) is 1. The van der Waals surface area contributed by atoms with E-state index in [0.717, 1.165) is 25.9 Å². The number of hydrogen-bond acceptors (Lipinski definition) is 3. The van der Waals surface area contributed by atoms with Gasteiger partial charge in [-0.15, -0.1) is 0 Å². The van der Waals surface area contributed by atoms with E-state index in [1.807, 2.05) is 0 Å². The number of nitrogen functional groups attached to an aromatic ring is 1. The molecule has 0 unspecified atom stereocenters. The molecule has 116 valence electrons. The van der Waals surface area contributed by atoms with Crippen molar-refractivity contribution in [1.82, 2.24) is 4.90 Å². The van der Waals surface area contributed by atoms with E-state index in [2.05, 4.69) is 17.1 Å². The van der Waals surface area contributed by atoms with Crippen LogP contribution in [0, 0.1) is 5.82 Å². The van der Waals surface area contributed by atoms with Gasteiger partial charge in [0, 0.05) is 24.7 Å². The lowest BCUT2D eigenvalue weighted by Crippen LogP contribution is -2.31. The Morgan fingerprint density at radius 1 is 1.43 bits per heavy atom. The van der Waals surface area contributed by atoms with Gasteiger partial charge < -0.3 is 11.1 Å². The molecule has 0 atom stereocenters. The number of anilines is 2. The van der Waals surface area contributed by atoms with Crippen molar-refractivity contribution in [2.24, 2.45) is 0 Å². The molecule has 5 heteroatoms. The van der Waals surface area contributed by atoms with Crippen LogP contribution in [0.2, 0.25) is 0 Å². The average molecular weight is 293 g/mol. The summed E-state index contributed by atoms with van der Waals surface area (Å²) in [6.07, 6.45) is 5.16. The van der Waals surface area contributed by atoms with Crippen LogP contribution in [0.15, 0.2) is 18.2 Å². The van der Waals surface area contributed by atoms with Gasteiger partial charge in [-0.05, 0) is 44.0 Å². The number of benzene rings is 1. The van der Waals surface area contributed by atoms with Crippen LogP contribution in [0.1, 0.15) is 39.0 Å². The Kier molecular flexibility index (Phi) is 5.56. The molecule has 0 heterocycles. The van der Waals surface area contributed by atoms with Gasteiger partial charge in [-0.25, -0.2) is 4.39 Å². The van der Waals surface area contributed by atoms with Crippen LogP contribution in [-0.4, -0.2) is 29.9 Å². The maximum Gasteiger partial charge on any atom is 0.225 e. The Bertz CT molecular complexity index is 488. The minimum absolute atomic E-state index is 0.159. The molecule has 0 radical (unpaired) electrons. The van der Waals surface area contributed by atoms with Gasteiger partial charge in [-0.1, -0.05) is 13.3 Å². The Labute approximate surface area is 125 Å². The van der Waals surface area contributed by atoms with Crippen LogP contribution in [0.3, 0.4) is 0 Å². The van der Waals surface area contributed by atoms with E-state index >= 15 is 0 Å². The summed E-state index contributed by atoms with van der Waals surface area (Å²) in [7, 11) is 0. The Hall–Kier alpha value is -1.62. The standard InChI is InChI=1S/C16H24FN3O/c1-2-3-9-20(13-5-6-13)10-8-16(21)19-15-11-12(18)4-7-14(15)17/h4,7,11,13H,2-3,5-6,8-10,18H2,1H3,(H,19,21). The molecule has 1 saturated carbocycles. The summed E-state index contributed by atoms with van der Waals surface area (Å²) in [5, 5.41) is 2.60. The second-order valence-electron chi connectivity index (χ2n) is 5.66. The fourth-order valence-corrected chi connectivity index (χ4v) is 2.37. The number of rotatable bonds is 8. The van der Waals surface area contributed by atoms with Gasteiger partial charge in [0.25, 0.3) is 0 Å². The number of hydrogen-bond donors (Lipinski definition) is 2. The topological polar surface area (TPSA) is 58.4 Å². The lowest BCUT2D eigenvalue weighted by Gasteiger charge is -2.21. The molecular formula is C16H24FN3O. The van der Waals surface area contributed by atoms with E-state index in [1.54, 1.807) is 0 Å². The normalized spacial score (nSPS) is 14.4. The molecule has 1 amide bonds. The predicted molar refractivity (Wildman–Crippen MR) is 83.6 cm³/mol. The van der Waals surface area contributed by atoms with E-state index in [-0.39, 0.29) is 11.6 Å². The van der Waals surface area contributed by atoms with Crippen molar-refractivity contribution in [3.05, 3.63) is 24.0 Å². The zero-order chi connectivity index (χ0) is 15.2. The minimum Gasteiger partial charge on any atom is -0.399 e. The zero-order valence-electron chi connectivity index (χ0n) is 12.6. The molecule has 1 aliphatic rings. The average Bonchev–Trinajstić information content (AvgIpc) is 3.27.